The summed E-state index contributed by atoms with van der Waals surface area (Å²) in [6.45, 7) is 1.80. The third-order valence-electron chi connectivity index (χ3n) is 3.10. The van der Waals surface area contributed by atoms with Gasteiger partial charge in [-0.1, -0.05) is 0 Å². The van der Waals surface area contributed by atoms with E-state index in [1.807, 2.05) is 6.07 Å². The van der Waals surface area contributed by atoms with Crippen molar-refractivity contribution in [1.82, 2.24) is 10.3 Å². The van der Waals surface area contributed by atoms with Crippen molar-refractivity contribution in [2.75, 3.05) is 6.54 Å². The first-order valence-electron chi connectivity index (χ1n) is 5.33. The number of hydrogen-bond acceptors (Lipinski definition) is 2. The monoisotopic (exact) mass is 216 g/mol. The first kappa shape index (κ1) is 9.42. The van der Waals surface area contributed by atoms with Crippen molar-refractivity contribution < 1.29 is 9.90 Å². The summed E-state index contributed by atoms with van der Waals surface area (Å²) in [6, 6.07) is 5.25. The van der Waals surface area contributed by atoms with Crippen molar-refractivity contribution in [3.63, 3.8) is 0 Å². The van der Waals surface area contributed by atoms with Crippen LogP contribution in [0.25, 0.3) is 10.9 Å². The molecule has 2 heterocycles. The van der Waals surface area contributed by atoms with E-state index in [2.05, 4.69) is 10.3 Å². The van der Waals surface area contributed by atoms with E-state index in [1.54, 1.807) is 12.1 Å². The fourth-order valence-electron chi connectivity index (χ4n) is 2.30. The number of fused-ring (bicyclic) bond motifs is 3. The van der Waals surface area contributed by atoms with Crippen molar-refractivity contribution in [3.8, 4) is 0 Å². The Kier molecular flexibility index (Phi) is 1.97. The van der Waals surface area contributed by atoms with E-state index in [0.717, 1.165) is 30.4 Å². The number of carboxylic acid groups (broad SMARTS) is 1. The Morgan fingerprint density at radius 1 is 1.38 bits per heavy atom. The van der Waals surface area contributed by atoms with E-state index in [0.29, 0.717) is 5.56 Å². The van der Waals surface area contributed by atoms with Crippen LogP contribution in [0.2, 0.25) is 0 Å². The maximum Gasteiger partial charge on any atom is 0.335 e. The Hall–Kier alpha value is -1.81. The molecule has 0 saturated carbocycles. The number of carbonyl (C=O) groups is 1. The van der Waals surface area contributed by atoms with E-state index in [-0.39, 0.29) is 0 Å². The van der Waals surface area contributed by atoms with E-state index < -0.39 is 5.97 Å². The van der Waals surface area contributed by atoms with Crippen LogP contribution in [0.1, 0.15) is 21.6 Å². The molecular formula is C12H12N2O2. The summed E-state index contributed by atoms with van der Waals surface area (Å²) < 4.78 is 0. The molecule has 0 spiro atoms. The minimum Gasteiger partial charge on any atom is -0.478 e. The van der Waals surface area contributed by atoms with Crippen LogP contribution in [0.5, 0.6) is 0 Å². The smallest absolute Gasteiger partial charge is 0.335 e. The molecule has 1 aromatic heterocycles. The van der Waals surface area contributed by atoms with Gasteiger partial charge in [-0.3, -0.25) is 0 Å². The molecule has 1 aliphatic rings. The molecule has 0 radical (unpaired) electrons. The number of carboxylic acids is 1. The summed E-state index contributed by atoms with van der Waals surface area (Å²) in [5, 5.41) is 13.3. The first-order valence-corrected chi connectivity index (χ1v) is 5.33. The van der Waals surface area contributed by atoms with Gasteiger partial charge in [0.25, 0.3) is 0 Å². The molecule has 82 valence electrons. The van der Waals surface area contributed by atoms with Crippen LogP contribution in [0.15, 0.2) is 18.2 Å². The molecule has 0 unspecified atom stereocenters. The topological polar surface area (TPSA) is 65.1 Å². The lowest BCUT2D eigenvalue weighted by atomic mass is 10.0. The number of aromatic carboxylic acids is 1. The maximum absolute atomic E-state index is 10.9. The van der Waals surface area contributed by atoms with Gasteiger partial charge in [0, 0.05) is 23.1 Å². The van der Waals surface area contributed by atoms with Crippen LogP contribution in [0.3, 0.4) is 0 Å². The van der Waals surface area contributed by atoms with Gasteiger partial charge in [-0.2, -0.15) is 0 Å². The van der Waals surface area contributed by atoms with Gasteiger partial charge < -0.3 is 15.4 Å². The lowest BCUT2D eigenvalue weighted by molar-refractivity contribution is 0.0697. The highest BCUT2D eigenvalue weighted by atomic mass is 16.4. The van der Waals surface area contributed by atoms with Gasteiger partial charge in [-0.15, -0.1) is 0 Å². The second kappa shape index (κ2) is 3.35. The number of aromatic amines is 1. The minimum atomic E-state index is -0.870. The number of H-pyrrole nitrogens is 1. The van der Waals surface area contributed by atoms with Crippen molar-refractivity contribution >= 4 is 16.9 Å². The summed E-state index contributed by atoms with van der Waals surface area (Å²) in [5.41, 5.74) is 3.83. The van der Waals surface area contributed by atoms with Crippen LogP contribution in [0.4, 0.5) is 0 Å². The molecule has 3 N–H and O–H groups in total. The molecule has 0 aliphatic carbocycles. The molecule has 1 aromatic carbocycles. The lowest BCUT2D eigenvalue weighted by Gasteiger charge is -2.12. The van der Waals surface area contributed by atoms with Gasteiger partial charge in [0.05, 0.1) is 5.56 Å². The number of aromatic nitrogens is 1. The van der Waals surface area contributed by atoms with E-state index >= 15 is 0 Å². The number of rotatable bonds is 1. The van der Waals surface area contributed by atoms with Crippen LogP contribution in [-0.2, 0) is 13.0 Å². The van der Waals surface area contributed by atoms with Crippen LogP contribution < -0.4 is 5.32 Å². The van der Waals surface area contributed by atoms with Crippen molar-refractivity contribution in [2.24, 2.45) is 0 Å². The average molecular weight is 216 g/mol. The number of hydrogen-bond donors (Lipinski definition) is 3. The van der Waals surface area contributed by atoms with Gasteiger partial charge in [0.1, 0.15) is 0 Å². The zero-order chi connectivity index (χ0) is 11.1. The molecule has 4 nitrogen and oxygen atoms in total. The van der Waals surface area contributed by atoms with Crippen molar-refractivity contribution in [3.05, 3.63) is 35.0 Å². The van der Waals surface area contributed by atoms with Crippen LogP contribution in [0, 0.1) is 0 Å². The SMILES string of the molecule is O=C(O)c1ccc2[nH]c3c(c2c1)CCNC3. The highest BCUT2D eigenvalue weighted by molar-refractivity contribution is 5.95. The van der Waals surface area contributed by atoms with E-state index in [9.17, 15) is 4.79 Å². The molecule has 4 heteroatoms. The second-order valence-electron chi connectivity index (χ2n) is 4.07. The van der Waals surface area contributed by atoms with Gasteiger partial charge in [0.15, 0.2) is 0 Å². The van der Waals surface area contributed by atoms with Gasteiger partial charge in [0.2, 0.25) is 0 Å². The fraction of sp³-hybridized carbons (Fsp3) is 0.250. The third-order valence-corrected chi connectivity index (χ3v) is 3.10. The first-order chi connectivity index (χ1) is 7.75. The normalized spacial score (nSPS) is 15.0. The number of nitrogens with one attached hydrogen (secondary N) is 2. The van der Waals surface area contributed by atoms with E-state index in [1.165, 1.54) is 11.3 Å². The predicted molar refractivity (Wildman–Crippen MR) is 60.7 cm³/mol. The van der Waals surface area contributed by atoms with Gasteiger partial charge in [-0.05, 0) is 36.7 Å². The standard InChI is InChI=1S/C12H12N2O2/c15-12(16)7-1-2-10-9(5-7)8-3-4-13-6-11(8)14-10/h1-2,5,13-14H,3-4,6H2,(H,15,16). The summed E-state index contributed by atoms with van der Waals surface area (Å²) >= 11 is 0. The van der Waals surface area contributed by atoms with Crippen molar-refractivity contribution in [2.45, 2.75) is 13.0 Å². The molecule has 0 bridgehead atoms. The highest BCUT2D eigenvalue weighted by Gasteiger charge is 2.15. The molecule has 1 aliphatic heterocycles. The zero-order valence-electron chi connectivity index (χ0n) is 8.71. The second-order valence-corrected chi connectivity index (χ2v) is 4.07. The van der Waals surface area contributed by atoms with Crippen LogP contribution in [-0.4, -0.2) is 22.6 Å². The Morgan fingerprint density at radius 2 is 2.25 bits per heavy atom. The summed E-state index contributed by atoms with van der Waals surface area (Å²) in [7, 11) is 0. The summed E-state index contributed by atoms with van der Waals surface area (Å²) in [4.78, 5) is 14.2. The fourth-order valence-corrected chi connectivity index (χ4v) is 2.30. The van der Waals surface area contributed by atoms with Gasteiger partial charge in [-0.25, -0.2) is 4.79 Å². The molecule has 3 rings (SSSR count). The minimum absolute atomic E-state index is 0.354. The number of benzene rings is 1. The maximum atomic E-state index is 10.9. The Morgan fingerprint density at radius 3 is 3.06 bits per heavy atom. The molecule has 16 heavy (non-hydrogen) atoms. The average Bonchev–Trinajstić information content (AvgIpc) is 2.66. The quantitative estimate of drug-likeness (QED) is 0.677. The van der Waals surface area contributed by atoms with E-state index in [4.69, 9.17) is 5.11 Å². The highest BCUT2D eigenvalue weighted by Crippen LogP contribution is 2.25. The molecule has 0 fully saturated rings. The summed E-state index contributed by atoms with van der Waals surface area (Å²) in [5.74, 6) is -0.870. The molecular weight excluding hydrogens is 204 g/mol. The molecule has 0 saturated heterocycles. The zero-order valence-corrected chi connectivity index (χ0v) is 8.71. The molecule has 2 aromatic rings. The van der Waals surface area contributed by atoms with Crippen LogP contribution >= 0.6 is 0 Å². The Labute approximate surface area is 92.3 Å². The Bertz CT molecular complexity index is 572. The predicted octanol–water partition coefficient (Wildman–Crippen LogP) is 1.51. The molecule has 0 atom stereocenters. The lowest BCUT2D eigenvalue weighted by Crippen LogP contribution is -2.23. The molecule has 0 amide bonds. The van der Waals surface area contributed by atoms with Crippen molar-refractivity contribution in [1.29, 1.82) is 0 Å². The van der Waals surface area contributed by atoms with Gasteiger partial charge >= 0.3 is 5.97 Å². The third kappa shape index (κ3) is 1.31. The summed E-state index contributed by atoms with van der Waals surface area (Å²) in [6.07, 6.45) is 0.957. The largest absolute Gasteiger partial charge is 0.478 e. The Balaban J connectivity index is 2.25.